The first kappa shape index (κ1) is 18.8. The number of methoxy groups -OCH3 is 2. The first-order valence-electron chi connectivity index (χ1n) is 7.62. The second kappa shape index (κ2) is 9.71. The molecule has 0 aliphatic carbocycles. The zero-order valence-electron chi connectivity index (χ0n) is 14.3. The topological polar surface area (TPSA) is 65.1 Å². The van der Waals surface area contributed by atoms with Gasteiger partial charge in [0.25, 0.3) is 0 Å². The van der Waals surface area contributed by atoms with Crippen molar-refractivity contribution in [2.24, 2.45) is 0 Å². The van der Waals surface area contributed by atoms with Crippen LogP contribution in [0, 0.1) is 0 Å². The highest BCUT2D eigenvalue weighted by Crippen LogP contribution is 2.27. The standard InChI is InChI=1S/C17H25NO5/c1-5-23-17(20)10-11-18(2)16(19)9-7-13-6-8-14(21-3)15(12-13)22-4/h6,8,12H,5,7,9-11H2,1-4H3. The van der Waals surface area contributed by atoms with Crippen molar-refractivity contribution in [2.45, 2.75) is 26.2 Å². The Bertz CT molecular complexity index is 530. The molecule has 0 bridgehead atoms. The van der Waals surface area contributed by atoms with Gasteiger partial charge >= 0.3 is 5.97 Å². The van der Waals surface area contributed by atoms with Crippen molar-refractivity contribution in [3.8, 4) is 11.5 Å². The third kappa shape index (κ3) is 6.18. The summed E-state index contributed by atoms with van der Waals surface area (Å²) in [6.45, 7) is 2.48. The zero-order valence-corrected chi connectivity index (χ0v) is 14.3. The Hall–Kier alpha value is -2.24. The zero-order chi connectivity index (χ0) is 17.2. The monoisotopic (exact) mass is 323 g/mol. The van der Waals surface area contributed by atoms with Gasteiger partial charge in [0.1, 0.15) is 0 Å². The third-order valence-electron chi connectivity index (χ3n) is 3.46. The van der Waals surface area contributed by atoms with Gasteiger partial charge in [0.15, 0.2) is 11.5 Å². The smallest absolute Gasteiger partial charge is 0.307 e. The normalized spacial score (nSPS) is 10.1. The third-order valence-corrected chi connectivity index (χ3v) is 3.46. The van der Waals surface area contributed by atoms with Gasteiger partial charge in [-0.1, -0.05) is 6.07 Å². The van der Waals surface area contributed by atoms with Gasteiger partial charge in [-0.25, -0.2) is 0 Å². The molecule has 128 valence electrons. The molecular formula is C17H25NO5. The Balaban J connectivity index is 2.47. The van der Waals surface area contributed by atoms with Crippen LogP contribution in [0.15, 0.2) is 18.2 Å². The minimum absolute atomic E-state index is 0.0101. The van der Waals surface area contributed by atoms with Crippen LogP contribution in [0.2, 0.25) is 0 Å². The fraction of sp³-hybridized carbons (Fsp3) is 0.529. The molecule has 0 atom stereocenters. The summed E-state index contributed by atoms with van der Waals surface area (Å²) in [6.07, 6.45) is 1.18. The molecule has 0 radical (unpaired) electrons. The van der Waals surface area contributed by atoms with E-state index in [2.05, 4.69) is 0 Å². The molecule has 1 aromatic carbocycles. The van der Waals surface area contributed by atoms with Crippen LogP contribution in [0.25, 0.3) is 0 Å². The lowest BCUT2D eigenvalue weighted by atomic mass is 10.1. The summed E-state index contributed by atoms with van der Waals surface area (Å²) in [4.78, 5) is 24.9. The number of aryl methyl sites for hydroxylation is 1. The average molecular weight is 323 g/mol. The van der Waals surface area contributed by atoms with Crippen LogP contribution in [0.4, 0.5) is 0 Å². The van der Waals surface area contributed by atoms with Crippen LogP contribution in [0.1, 0.15) is 25.3 Å². The molecule has 0 unspecified atom stereocenters. The Morgan fingerprint density at radius 2 is 1.78 bits per heavy atom. The number of esters is 1. The number of ether oxygens (including phenoxy) is 3. The highest BCUT2D eigenvalue weighted by molar-refractivity contribution is 5.77. The van der Waals surface area contributed by atoms with Crippen LogP contribution in [0.5, 0.6) is 11.5 Å². The maximum Gasteiger partial charge on any atom is 0.307 e. The van der Waals surface area contributed by atoms with E-state index in [0.29, 0.717) is 37.5 Å². The highest BCUT2D eigenvalue weighted by Gasteiger charge is 2.12. The van der Waals surface area contributed by atoms with E-state index in [0.717, 1.165) is 5.56 Å². The van der Waals surface area contributed by atoms with E-state index >= 15 is 0 Å². The van der Waals surface area contributed by atoms with Crippen LogP contribution in [-0.4, -0.2) is 51.2 Å². The van der Waals surface area contributed by atoms with E-state index in [4.69, 9.17) is 14.2 Å². The number of carbonyl (C=O) groups excluding carboxylic acids is 2. The lowest BCUT2D eigenvalue weighted by molar-refractivity contribution is -0.143. The summed E-state index contributed by atoms with van der Waals surface area (Å²) in [7, 11) is 4.85. The maximum absolute atomic E-state index is 12.1. The first-order valence-corrected chi connectivity index (χ1v) is 7.62. The van der Waals surface area contributed by atoms with Crippen LogP contribution in [-0.2, 0) is 20.7 Å². The number of benzene rings is 1. The summed E-state index contributed by atoms with van der Waals surface area (Å²) in [5.74, 6) is 1.01. The summed E-state index contributed by atoms with van der Waals surface area (Å²) in [5, 5.41) is 0. The number of hydrogen-bond acceptors (Lipinski definition) is 5. The predicted molar refractivity (Wildman–Crippen MR) is 86.8 cm³/mol. The van der Waals surface area contributed by atoms with Gasteiger partial charge in [0.2, 0.25) is 5.91 Å². The second-order valence-corrected chi connectivity index (χ2v) is 5.06. The van der Waals surface area contributed by atoms with E-state index in [1.54, 1.807) is 33.1 Å². The quantitative estimate of drug-likeness (QED) is 0.651. The molecule has 0 saturated carbocycles. The van der Waals surface area contributed by atoms with Crippen molar-refractivity contribution in [3.63, 3.8) is 0 Å². The molecule has 23 heavy (non-hydrogen) atoms. The number of nitrogens with zero attached hydrogens (tertiary/aromatic N) is 1. The molecule has 0 spiro atoms. The molecule has 0 fully saturated rings. The molecule has 0 N–H and O–H groups in total. The van der Waals surface area contributed by atoms with Crippen molar-refractivity contribution < 1.29 is 23.8 Å². The van der Waals surface area contributed by atoms with E-state index in [-0.39, 0.29) is 18.3 Å². The molecule has 6 nitrogen and oxygen atoms in total. The summed E-state index contributed by atoms with van der Waals surface area (Å²) >= 11 is 0. The highest BCUT2D eigenvalue weighted by atomic mass is 16.5. The number of amides is 1. The van der Waals surface area contributed by atoms with Crippen molar-refractivity contribution >= 4 is 11.9 Å². The van der Waals surface area contributed by atoms with Crippen molar-refractivity contribution in [3.05, 3.63) is 23.8 Å². The molecule has 0 aromatic heterocycles. The minimum atomic E-state index is -0.285. The fourth-order valence-corrected chi connectivity index (χ4v) is 2.10. The molecule has 6 heteroatoms. The molecule has 1 aromatic rings. The number of hydrogen-bond donors (Lipinski definition) is 0. The van der Waals surface area contributed by atoms with E-state index in [1.165, 1.54) is 0 Å². The largest absolute Gasteiger partial charge is 0.493 e. The summed E-state index contributed by atoms with van der Waals surface area (Å²) in [6, 6.07) is 5.60. The fourth-order valence-electron chi connectivity index (χ4n) is 2.10. The molecule has 0 heterocycles. The summed E-state index contributed by atoms with van der Waals surface area (Å²) in [5.41, 5.74) is 0.995. The van der Waals surface area contributed by atoms with Gasteiger partial charge in [-0.15, -0.1) is 0 Å². The summed E-state index contributed by atoms with van der Waals surface area (Å²) < 4.78 is 15.3. The van der Waals surface area contributed by atoms with Gasteiger partial charge in [0.05, 0.1) is 27.2 Å². The SMILES string of the molecule is CCOC(=O)CCN(C)C(=O)CCc1ccc(OC)c(OC)c1. The molecule has 1 amide bonds. The van der Waals surface area contributed by atoms with Crippen molar-refractivity contribution in [2.75, 3.05) is 34.4 Å². The maximum atomic E-state index is 12.1. The minimum Gasteiger partial charge on any atom is -0.493 e. The first-order chi connectivity index (χ1) is 11.0. The van der Waals surface area contributed by atoms with Crippen molar-refractivity contribution in [1.29, 1.82) is 0 Å². The molecular weight excluding hydrogens is 298 g/mol. The Morgan fingerprint density at radius 3 is 2.39 bits per heavy atom. The lowest BCUT2D eigenvalue weighted by Crippen LogP contribution is -2.29. The van der Waals surface area contributed by atoms with Crippen LogP contribution >= 0.6 is 0 Å². The van der Waals surface area contributed by atoms with E-state index in [9.17, 15) is 9.59 Å². The Morgan fingerprint density at radius 1 is 1.09 bits per heavy atom. The van der Waals surface area contributed by atoms with Gasteiger partial charge in [-0.3, -0.25) is 9.59 Å². The number of rotatable bonds is 9. The molecule has 0 aliphatic rings. The van der Waals surface area contributed by atoms with E-state index in [1.807, 2.05) is 18.2 Å². The average Bonchev–Trinajstić information content (AvgIpc) is 2.57. The molecule has 0 saturated heterocycles. The lowest BCUT2D eigenvalue weighted by Gasteiger charge is -2.17. The van der Waals surface area contributed by atoms with Gasteiger partial charge in [-0.2, -0.15) is 0 Å². The Labute approximate surface area is 137 Å². The predicted octanol–water partition coefficient (Wildman–Crippen LogP) is 2.05. The van der Waals surface area contributed by atoms with E-state index < -0.39 is 0 Å². The number of carbonyl (C=O) groups is 2. The molecule has 0 aliphatic heterocycles. The van der Waals surface area contributed by atoms with Gasteiger partial charge in [-0.05, 0) is 31.0 Å². The van der Waals surface area contributed by atoms with Gasteiger partial charge in [0, 0.05) is 20.0 Å². The van der Waals surface area contributed by atoms with Crippen LogP contribution in [0.3, 0.4) is 0 Å². The second-order valence-electron chi connectivity index (χ2n) is 5.06. The Kier molecular flexibility index (Phi) is 7.94. The van der Waals surface area contributed by atoms with Crippen LogP contribution < -0.4 is 9.47 Å². The van der Waals surface area contributed by atoms with Crippen molar-refractivity contribution in [1.82, 2.24) is 4.90 Å². The molecule has 1 rings (SSSR count). The van der Waals surface area contributed by atoms with Gasteiger partial charge < -0.3 is 19.1 Å².